The third-order valence-electron chi connectivity index (χ3n) is 5.59. The lowest BCUT2D eigenvalue weighted by Gasteiger charge is -2.23. The summed E-state index contributed by atoms with van der Waals surface area (Å²) < 4.78 is 53.8. The minimum atomic E-state index is -4.76. The Bertz CT molecular complexity index is 1260. The van der Waals surface area contributed by atoms with Crippen LogP contribution in [0.3, 0.4) is 0 Å². The topological polar surface area (TPSA) is 66.2 Å². The molecule has 0 spiro atoms. The number of carbonyl (C=O) groups excluding carboxylic acids is 1. The van der Waals surface area contributed by atoms with Crippen LogP contribution in [0.25, 0.3) is 5.69 Å². The van der Waals surface area contributed by atoms with Gasteiger partial charge in [-0.25, -0.2) is 0 Å². The van der Waals surface area contributed by atoms with E-state index in [1.54, 1.807) is 27.0 Å². The summed E-state index contributed by atoms with van der Waals surface area (Å²) in [6.07, 6.45) is -5.31. The first-order valence-corrected chi connectivity index (χ1v) is 12.1. The van der Waals surface area contributed by atoms with E-state index < -0.39 is 28.5 Å². The molecule has 0 saturated carbocycles. The maximum Gasteiger partial charge on any atom is 0.452 e. The maximum atomic E-state index is 14.0. The van der Waals surface area contributed by atoms with Crippen LogP contribution in [-0.4, -0.2) is 33.9 Å². The molecule has 0 aliphatic carbocycles. The fraction of sp³-hybridized carbons (Fsp3) is 0.375. The van der Waals surface area contributed by atoms with Crippen molar-refractivity contribution < 1.29 is 27.4 Å². The van der Waals surface area contributed by atoms with Crippen LogP contribution in [0.2, 0.25) is 5.02 Å². The Morgan fingerprint density at radius 1 is 1.20 bits per heavy atom. The first-order chi connectivity index (χ1) is 16.5. The predicted molar refractivity (Wildman–Crippen MR) is 127 cm³/mol. The van der Waals surface area contributed by atoms with E-state index in [2.05, 4.69) is 10.2 Å². The predicted octanol–water partition coefficient (Wildman–Crippen LogP) is 6.48. The Balaban J connectivity index is 1.97. The van der Waals surface area contributed by atoms with Crippen molar-refractivity contribution in [2.24, 2.45) is 0 Å². The van der Waals surface area contributed by atoms with E-state index in [4.69, 9.17) is 21.1 Å². The van der Waals surface area contributed by atoms with Gasteiger partial charge in [0.2, 0.25) is 5.82 Å². The zero-order valence-electron chi connectivity index (χ0n) is 19.4. The number of aromatic nitrogens is 3. The zero-order chi connectivity index (χ0) is 25.5. The molecule has 1 aliphatic heterocycles. The highest BCUT2D eigenvalue weighted by atomic mass is 35.5. The van der Waals surface area contributed by atoms with E-state index in [-0.39, 0.29) is 24.0 Å². The van der Waals surface area contributed by atoms with Gasteiger partial charge in [-0.2, -0.15) is 13.2 Å². The Hall–Kier alpha value is -2.72. The van der Waals surface area contributed by atoms with Gasteiger partial charge >= 0.3 is 12.1 Å². The van der Waals surface area contributed by atoms with Crippen molar-refractivity contribution in [3.8, 4) is 11.4 Å². The molecule has 1 aliphatic rings. The summed E-state index contributed by atoms with van der Waals surface area (Å²) in [7, 11) is 1.55. The van der Waals surface area contributed by atoms with Gasteiger partial charge in [0.15, 0.2) is 5.82 Å². The number of methoxy groups -OCH3 is 1. The number of fused-ring (bicyclic) bond motifs is 3. The van der Waals surface area contributed by atoms with Gasteiger partial charge in [-0.3, -0.25) is 9.36 Å². The van der Waals surface area contributed by atoms with Crippen molar-refractivity contribution in [2.75, 3.05) is 7.11 Å². The van der Waals surface area contributed by atoms with Crippen molar-refractivity contribution in [3.63, 3.8) is 0 Å². The van der Waals surface area contributed by atoms with Crippen LogP contribution in [0.5, 0.6) is 5.75 Å². The standard InChI is InChI=1S/C24H23ClF3N3O3S/c1-12(2)34-20(32)11-19-22-29-30-23(24(26,27)28)31(22)17-9-8-14(25)10-16(17)21(35-19)15-6-5-7-18(33-4)13(15)3/h5-10,12,19,21H,11H2,1-4H3/t19-,21-/m0/s1. The van der Waals surface area contributed by atoms with Gasteiger partial charge in [0.05, 0.1) is 35.8 Å². The normalized spacial score (nSPS) is 17.5. The third kappa shape index (κ3) is 4.99. The van der Waals surface area contributed by atoms with Gasteiger partial charge < -0.3 is 9.47 Å². The Morgan fingerprint density at radius 2 is 1.94 bits per heavy atom. The van der Waals surface area contributed by atoms with Gasteiger partial charge in [0, 0.05) is 5.02 Å². The second-order valence-electron chi connectivity index (χ2n) is 8.34. The molecule has 0 N–H and O–H groups in total. The summed E-state index contributed by atoms with van der Waals surface area (Å²) in [4.78, 5) is 12.6. The average molecular weight is 526 g/mol. The number of ether oxygens (including phenoxy) is 2. The molecule has 6 nitrogen and oxygen atoms in total. The highest BCUT2D eigenvalue weighted by molar-refractivity contribution is 8.00. The molecule has 11 heteroatoms. The molecule has 3 aromatic rings. The highest BCUT2D eigenvalue weighted by Gasteiger charge is 2.43. The molecule has 0 saturated heterocycles. The van der Waals surface area contributed by atoms with Crippen LogP contribution in [0.1, 0.15) is 59.1 Å². The number of halogens is 4. The van der Waals surface area contributed by atoms with Crippen molar-refractivity contribution >= 4 is 29.3 Å². The first-order valence-electron chi connectivity index (χ1n) is 10.8. The van der Waals surface area contributed by atoms with Crippen molar-refractivity contribution in [1.82, 2.24) is 14.8 Å². The summed E-state index contributed by atoms with van der Waals surface area (Å²) in [5.41, 5.74) is 2.45. The lowest BCUT2D eigenvalue weighted by Crippen LogP contribution is -2.18. The second-order valence-corrected chi connectivity index (χ2v) is 10.1. The average Bonchev–Trinajstić information content (AvgIpc) is 3.17. The van der Waals surface area contributed by atoms with Crippen molar-refractivity contribution in [3.05, 3.63) is 69.8 Å². The number of benzene rings is 2. The molecule has 0 radical (unpaired) electrons. The van der Waals surface area contributed by atoms with E-state index in [0.717, 1.165) is 15.7 Å². The Kier molecular flexibility index (Phi) is 7.06. The number of nitrogens with zero attached hydrogens (tertiary/aromatic N) is 3. The van der Waals surface area contributed by atoms with Gasteiger partial charge in [0.1, 0.15) is 5.75 Å². The van der Waals surface area contributed by atoms with E-state index in [9.17, 15) is 18.0 Å². The molecule has 0 amide bonds. The molecule has 4 rings (SSSR count). The molecule has 1 aromatic heterocycles. The van der Waals surface area contributed by atoms with Crippen LogP contribution in [0.15, 0.2) is 36.4 Å². The van der Waals surface area contributed by atoms with Crippen LogP contribution in [0, 0.1) is 6.92 Å². The van der Waals surface area contributed by atoms with E-state index in [1.807, 2.05) is 25.1 Å². The van der Waals surface area contributed by atoms with Crippen LogP contribution >= 0.6 is 23.4 Å². The smallest absolute Gasteiger partial charge is 0.452 e. The lowest BCUT2D eigenvalue weighted by atomic mass is 9.97. The van der Waals surface area contributed by atoms with Gasteiger partial charge in [0.25, 0.3) is 0 Å². The molecular formula is C24H23ClF3N3O3S. The second kappa shape index (κ2) is 9.73. The van der Waals surface area contributed by atoms with Crippen molar-refractivity contribution in [2.45, 2.75) is 50.0 Å². The largest absolute Gasteiger partial charge is 0.496 e. The molecule has 2 atom stereocenters. The molecule has 35 heavy (non-hydrogen) atoms. The number of carbonyl (C=O) groups is 1. The molecule has 2 aromatic carbocycles. The number of hydrogen-bond acceptors (Lipinski definition) is 6. The number of hydrogen-bond donors (Lipinski definition) is 0. The molecule has 0 bridgehead atoms. The first kappa shape index (κ1) is 25.4. The zero-order valence-corrected chi connectivity index (χ0v) is 21.0. The number of thioether (sulfide) groups is 1. The molecule has 0 fully saturated rings. The quantitative estimate of drug-likeness (QED) is 0.355. The van der Waals surface area contributed by atoms with Crippen LogP contribution < -0.4 is 4.74 Å². The minimum absolute atomic E-state index is 0.0228. The number of alkyl halides is 3. The minimum Gasteiger partial charge on any atom is -0.496 e. The number of rotatable bonds is 5. The fourth-order valence-corrected chi connectivity index (χ4v) is 5.90. The summed E-state index contributed by atoms with van der Waals surface area (Å²) in [6, 6.07) is 10.2. The van der Waals surface area contributed by atoms with Crippen molar-refractivity contribution in [1.29, 1.82) is 0 Å². The van der Waals surface area contributed by atoms with Crippen LogP contribution in [0.4, 0.5) is 13.2 Å². The van der Waals surface area contributed by atoms with E-state index in [0.29, 0.717) is 16.3 Å². The van der Waals surface area contributed by atoms with E-state index in [1.165, 1.54) is 23.9 Å². The maximum absolute atomic E-state index is 14.0. The van der Waals surface area contributed by atoms with E-state index >= 15 is 0 Å². The lowest BCUT2D eigenvalue weighted by molar-refractivity contribution is -0.147. The SMILES string of the molecule is COc1cccc([C@@H]2S[C@@H](CC(=O)OC(C)C)c3nnc(C(F)(F)F)n3-c3ccc(Cl)cc32)c1C. The van der Waals surface area contributed by atoms with Crippen LogP contribution in [-0.2, 0) is 15.7 Å². The summed E-state index contributed by atoms with van der Waals surface area (Å²) in [5.74, 6) is -1.04. The molecular weight excluding hydrogens is 503 g/mol. The summed E-state index contributed by atoms with van der Waals surface area (Å²) in [5, 5.41) is 6.50. The summed E-state index contributed by atoms with van der Waals surface area (Å²) in [6.45, 7) is 5.30. The Morgan fingerprint density at radius 3 is 2.60 bits per heavy atom. The molecule has 0 unspecified atom stereocenters. The summed E-state index contributed by atoms with van der Waals surface area (Å²) >= 11 is 7.63. The Labute approximate surface area is 209 Å². The third-order valence-corrected chi connectivity index (χ3v) is 7.31. The monoisotopic (exact) mass is 525 g/mol. The fourth-order valence-electron chi connectivity index (χ4n) is 4.14. The number of esters is 1. The molecule has 186 valence electrons. The van der Waals surface area contributed by atoms with Gasteiger partial charge in [-0.15, -0.1) is 22.0 Å². The van der Waals surface area contributed by atoms with Gasteiger partial charge in [-0.05, 0) is 61.7 Å². The highest BCUT2D eigenvalue weighted by Crippen LogP contribution is 2.53. The molecule has 2 heterocycles. The van der Waals surface area contributed by atoms with Gasteiger partial charge in [-0.1, -0.05) is 23.7 Å².